The lowest BCUT2D eigenvalue weighted by Crippen LogP contribution is -2.59. The van der Waals surface area contributed by atoms with Gasteiger partial charge in [0.25, 0.3) is 5.89 Å². The predicted molar refractivity (Wildman–Crippen MR) is 63.5 cm³/mol. The quantitative estimate of drug-likeness (QED) is 0.892. The molecule has 0 bridgehead atoms. The first-order valence-electron chi connectivity index (χ1n) is 5.44. The Balaban J connectivity index is 1.66. The molecule has 1 fully saturated rings. The molecule has 1 N–H and O–H groups in total. The first kappa shape index (κ1) is 10.9. The second-order valence-electron chi connectivity index (χ2n) is 4.64. The highest BCUT2D eigenvalue weighted by molar-refractivity contribution is 7.13. The van der Waals surface area contributed by atoms with Crippen molar-refractivity contribution in [2.45, 2.75) is 19.1 Å². The van der Waals surface area contributed by atoms with Gasteiger partial charge < -0.3 is 9.63 Å². The number of aliphatic hydroxyl groups is 1. The molecule has 1 saturated heterocycles. The average Bonchev–Trinajstić information content (AvgIpc) is 2.82. The minimum atomic E-state index is -0.555. The van der Waals surface area contributed by atoms with E-state index in [9.17, 15) is 5.11 Å². The summed E-state index contributed by atoms with van der Waals surface area (Å²) < 4.78 is 5.19. The number of hydrogen-bond donors (Lipinski definition) is 1. The molecule has 1 aliphatic rings. The summed E-state index contributed by atoms with van der Waals surface area (Å²) in [4.78, 5) is 7.40. The Kier molecular flexibility index (Phi) is 2.50. The van der Waals surface area contributed by atoms with E-state index in [-0.39, 0.29) is 0 Å². The number of hydrogen-bond acceptors (Lipinski definition) is 6. The number of nitrogens with zero attached hydrogens (tertiary/aromatic N) is 3. The highest BCUT2D eigenvalue weighted by Crippen LogP contribution is 2.24. The normalized spacial score (nSPS) is 19.2. The molecule has 2 aromatic heterocycles. The summed E-state index contributed by atoms with van der Waals surface area (Å²) in [6.45, 7) is 3.79. The summed E-state index contributed by atoms with van der Waals surface area (Å²) in [7, 11) is 0. The number of aromatic nitrogens is 2. The zero-order valence-electron chi connectivity index (χ0n) is 9.46. The monoisotopic (exact) mass is 251 g/mol. The lowest BCUT2D eigenvalue weighted by atomic mass is 9.97. The number of β-amino-alcohol motifs (C(OH)–C–C–N with tert-alkyl or cyclic N) is 1. The van der Waals surface area contributed by atoms with Gasteiger partial charge in [0, 0.05) is 13.1 Å². The van der Waals surface area contributed by atoms with Gasteiger partial charge in [-0.2, -0.15) is 4.98 Å². The molecule has 3 heterocycles. The average molecular weight is 251 g/mol. The van der Waals surface area contributed by atoms with Crippen LogP contribution in [-0.2, 0) is 6.54 Å². The van der Waals surface area contributed by atoms with Crippen LogP contribution in [0.15, 0.2) is 22.0 Å². The maximum Gasteiger partial charge on any atom is 0.268 e. The van der Waals surface area contributed by atoms with Crippen LogP contribution in [0.1, 0.15) is 12.7 Å². The smallest absolute Gasteiger partial charge is 0.268 e. The second-order valence-corrected chi connectivity index (χ2v) is 5.58. The van der Waals surface area contributed by atoms with Gasteiger partial charge in [-0.15, -0.1) is 11.3 Å². The van der Waals surface area contributed by atoms with Crippen molar-refractivity contribution in [3.63, 3.8) is 0 Å². The van der Waals surface area contributed by atoms with Gasteiger partial charge in [0.2, 0.25) is 0 Å². The summed E-state index contributed by atoms with van der Waals surface area (Å²) in [5, 5.41) is 15.5. The van der Waals surface area contributed by atoms with Crippen LogP contribution in [0.3, 0.4) is 0 Å². The lowest BCUT2D eigenvalue weighted by molar-refractivity contribution is -0.0882. The molecule has 0 amide bonds. The molecule has 3 rings (SSSR count). The van der Waals surface area contributed by atoms with E-state index in [2.05, 4.69) is 15.0 Å². The number of thiophene rings is 1. The summed E-state index contributed by atoms with van der Waals surface area (Å²) in [6.07, 6.45) is 0. The lowest BCUT2D eigenvalue weighted by Gasteiger charge is -2.43. The highest BCUT2D eigenvalue weighted by atomic mass is 32.1. The first-order chi connectivity index (χ1) is 8.12. The largest absolute Gasteiger partial charge is 0.388 e. The van der Waals surface area contributed by atoms with Crippen LogP contribution in [0.2, 0.25) is 0 Å². The summed E-state index contributed by atoms with van der Waals surface area (Å²) in [5.41, 5.74) is -0.555. The fraction of sp³-hybridized carbons (Fsp3) is 0.455. The number of likely N-dealkylation sites (tertiary alicyclic amines) is 1. The molecule has 17 heavy (non-hydrogen) atoms. The topological polar surface area (TPSA) is 62.4 Å². The van der Waals surface area contributed by atoms with E-state index in [1.165, 1.54) is 0 Å². The van der Waals surface area contributed by atoms with Crippen LogP contribution in [0.5, 0.6) is 0 Å². The Bertz CT molecular complexity index is 499. The van der Waals surface area contributed by atoms with Gasteiger partial charge in [-0.05, 0) is 18.4 Å². The van der Waals surface area contributed by atoms with Gasteiger partial charge in [0.05, 0.1) is 17.0 Å². The highest BCUT2D eigenvalue weighted by Gasteiger charge is 2.36. The van der Waals surface area contributed by atoms with Gasteiger partial charge in [0.1, 0.15) is 0 Å². The molecule has 0 aromatic carbocycles. The van der Waals surface area contributed by atoms with Crippen LogP contribution >= 0.6 is 11.3 Å². The van der Waals surface area contributed by atoms with Crippen LogP contribution in [-0.4, -0.2) is 38.8 Å². The van der Waals surface area contributed by atoms with Gasteiger partial charge >= 0.3 is 0 Å². The molecule has 90 valence electrons. The Morgan fingerprint density at radius 2 is 2.41 bits per heavy atom. The van der Waals surface area contributed by atoms with Crippen molar-refractivity contribution in [1.82, 2.24) is 15.0 Å². The van der Waals surface area contributed by atoms with Gasteiger partial charge in [-0.1, -0.05) is 11.2 Å². The Morgan fingerprint density at radius 3 is 3.06 bits per heavy atom. The Labute approximate surface area is 103 Å². The summed E-state index contributed by atoms with van der Waals surface area (Å²) >= 11 is 1.58. The van der Waals surface area contributed by atoms with Crippen molar-refractivity contribution in [2.75, 3.05) is 13.1 Å². The molecule has 1 aliphatic heterocycles. The van der Waals surface area contributed by atoms with E-state index in [0.717, 1.165) is 4.88 Å². The third-order valence-corrected chi connectivity index (χ3v) is 3.55. The van der Waals surface area contributed by atoms with E-state index in [0.29, 0.717) is 31.3 Å². The Morgan fingerprint density at radius 1 is 1.59 bits per heavy atom. The van der Waals surface area contributed by atoms with E-state index >= 15 is 0 Å². The molecule has 2 aromatic rings. The van der Waals surface area contributed by atoms with E-state index < -0.39 is 5.60 Å². The van der Waals surface area contributed by atoms with E-state index in [4.69, 9.17) is 4.52 Å². The van der Waals surface area contributed by atoms with E-state index in [1.54, 1.807) is 11.3 Å². The fourth-order valence-corrected chi connectivity index (χ4v) is 2.69. The van der Waals surface area contributed by atoms with Crippen LogP contribution < -0.4 is 0 Å². The van der Waals surface area contributed by atoms with Crippen molar-refractivity contribution in [2.24, 2.45) is 0 Å². The predicted octanol–water partition coefficient (Wildman–Crippen LogP) is 1.36. The minimum Gasteiger partial charge on any atom is -0.388 e. The van der Waals surface area contributed by atoms with Crippen molar-refractivity contribution < 1.29 is 9.63 Å². The van der Waals surface area contributed by atoms with Crippen molar-refractivity contribution in [1.29, 1.82) is 0 Å². The summed E-state index contributed by atoms with van der Waals surface area (Å²) in [5.74, 6) is 1.24. The van der Waals surface area contributed by atoms with Crippen molar-refractivity contribution in [3.8, 4) is 10.8 Å². The fourth-order valence-electron chi connectivity index (χ4n) is 2.05. The third kappa shape index (κ3) is 2.24. The molecular formula is C11H13N3O2S. The second kappa shape index (κ2) is 3.90. The molecule has 0 aliphatic carbocycles. The molecular weight excluding hydrogens is 238 g/mol. The first-order valence-corrected chi connectivity index (χ1v) is 6.32. The molecule has 6 heteroatoms. The minimum absolute atomic E-state index is 0.555. The molecule has 0 saturated carbocycles. The van der Waals surface area contributed by atoms with Crippen molar-refractivity contribution in [3.05, 3.63) is 23.3 Å². The van der Waals surface area contributed by atoms with Crippen molar-refractivity contribution >= 4 is 11.3 Å². The van der Waals surface area contributed by atoms with Gasteiger partial charge in [0.15, 0.2) is 5.82 Å². The van der Waals surface area contributed by atoms with E-state index in [1.807, 2.05) is 24.4 Å². The zero-order chi connectivity index (χ0) is 11.9. The molecule has 0 atom stereocenters. The Hall–Kier alpha value is -1.24. The number of rotatable bonds is 3. The standard InChI is InChI=1S/C11H13N3O2S/c1-11(15)6-14(7-11)5-9-12-10(16-13-9)8-3-2-4-17-8/h2-4,15H,5-7H2,1H3. The zero-order valence-corrected chi connectivity index (χ0v) is 10.3. The molecule has 5 nitrogen and oxygen atoms in total. The maximum absolute atomic E-state index is 9.61. The van der Waals surface area contributed by atoms with Crippen LogP contribution in [0, 0.1) is 0 Å². The summed E-state index contributed by atoms with van der Waals surface area (Å²) in [6, 6.07) is 3.91. The third-order valence-electron chi connectivity index (χ3n) is 2.69. The SMILES string of the molecule is CC1(O)CN(Cc2noc(-c3cccs3)n2)C1. The van der Waals surface area contributed by atoms with Gasteiger partial charge in [-0.25, -0.2) is 0 Å². The molecule has 0 unspecified atom stereocenters. The van der Waals surface area contributed by atoms with Crippen LogP contribution in [0.25, 0.3) is 10.8 Å². The molecule has 0 spiro atoms. The molecule has 0 radical (unpaired) electrons. The van der Waals surface area contributed by atoms with Crippen LogP contribution in [0.4, 0.5) is 0 Å². The van der Waals surface area contributed by atoms with Gasteiger partial charge in [-0.3, -0.25) is 4.90 Å². The maximum atomic E-state index is 9.61.